The molecule has 3 aliphatic rings. The van der Waals surface area contributed by atoms with E-state index in [1.807, 2.05) is 0 Å². The van der Waals surface area contributed by atoms with Crippen molar-refractivity contribution in [1.82, 2.24) is 5.32 Å². The van der Waals surface area contributed by atoms with Gasteiger partial charge in [0.1, 0.15) is 5.75 Å². The molecule has 30 heavy (non-hydrogen) atoms. The van der Waals surface area contributed by atoms with Crippen LogP contribution >= 0.6 is 0 Å². The van der Waals surface area contributed by atoms with Gasteiger partial charge in [-0.25, -0.2) is 8.42 Å². The quantitative estimate of drug-likeness (QED) is 0.711. The lowest BCUT2D eigenvalue weighted by atomic mass is 9.70. The van der Waals surface area contributed by atoms with Crippen LogP contribution in [0.2, 0.25) is 0 Å². The Morgan fingerprint density at radius 3 is 2.63 bits per heavy atom. The average Bonchev–Trinajstić information content (AvgIpc) is 3.50. The summed E-state index contributed by atoms with van der Waals surface area (Å²) in [6.07, 6.45) is 3.39. The molecule has 160 valence electrons. The van der Waals surface area contributed by atoms with Gasteiger partial charge in [-0.15, -0.1) is 0 Å². The molecular formula is C22H26N2O5S. The molecule has 8 heteroatoms. The van der Waals surface area contributed by atoms with E-state index in [4.69, 9.17) is 4.74 Å². The van der Waals surface area contributed by atoms with Crippen molar-refractivity contribution in [3.05, 3.63) is 24.3 Å². The molecule has 0 radical (unpaired) electrons. The first-order valence-electron chi connectivity index (χ1n) is 10.3. The molecule has 7 nitrogen and oxygen atoms in total. The van der Waals surface area contributed by atoms with Crippen molar-refractivity contribution in [2.45, 2.75) is 49.3 Å². The van der Waals surface area contributed by atoms with Gasteiger partial charge in [0.25, 0.3) is 5.91 Å². The summed E-state index contributed by atoms with van der Waals surface area (Å²) in [5.74, 6) is 5.64. The van der Waals surface area contributed by atoms with Crippen LogP contribution in [0, 0.1) is 23.7 Å². The fraction of sp³-hybridized carbons (Fsp3) is 0.545. The first kappa shape index (κ1) is 20.7. The number of rotatable bonds is 4. The van der Waals surface area contributed by atoms with Crippen molar-refractivity contribution in [3.63, 3.8) is 0 Å². The summed E-state index contributed by atoms with van der Waals surface area (Å²) < 4.78 is 29.8. The van der Waals surface area contributed by atoms with Gasteiger partial charge in [-0.1, -0.05) is 12.0 Å². The lowest BCUT2D eigenvalue weighted by Gasteiger charge is -2.50. The maximum absolute atomic E-state index is 12.8. The highest BCUT2D eigenvalue weighted by molar-refractivity contribution is 7.92. The zero-order valence-corrected chi connectivity index (χ0v) is 17.8. The van der Waals surface area contributed by atoms with Crippen molar-refractivity contribution in [2.75, 3.05) is 18.2 Å². The molecule has 1 spiro atoms. The van der Waals surface area contributed by atoms with Crippen LogP contribution in [-0.2, 0) is 19.4 Å². The van der Waals surface area contributed by atoms with Crippen LogP contribution in [0.25, 0.3) is 0 Å². The molecule has 1 aliphatic heterocycles. The van der Waals surface area contributed by atoms with Gasteiger partial charge in [0.2, 0.25) is 5.91 Å². The van der Waals surface area contributed by atoms with Crippen LogP contribution in [0.4, 0.5) is 5.69 Å². The largest absolute Gasteiger partial charge is 0.497 e. The fourth-order valence-corrected chi connectivity index (χ4v) is 6.71. The van der Waals surface area contributed by atoms with Gasteiger partial charge in [-0.3, -0.25) is 9.59 Å². The summed E-state index contributed by atoms with van der Waals surface area (Å²) in [6.45, 7) is 0. The van der Waals surface area contributed by atoms with Crippen molar-refractivity contribution in [2.24, 2.45) is 11.8 Å². The van der Waals surface area contributed by atoms with E-state index in [9.17, 15) is 18.0 Å². The SMILES string of the molecule is COc1cccc(NC(=O)C2CC3(CC(NC(=O)C#CC4CC4)CCS3(=O)=O)C2)c1. The van der Waals surface area contributed by atoms with Gasteiger partial charge in [0.15, 0.2) is 9.84 Å². The molecule has 4 rings (SSSR count). The monoisotopic (exact) mass is 430 g/mol. The number of methoxy groups -OCH3 is 1. The molecule has 1 unspecified atom stereocenters. The number of nitrogens with one attached hydrogen (secondary N) is 2. The van der Waals surface area contributed by atoms with E-state index >= 15 is 0 Å². The van der Waals surface area contributed by atoms with Crippen LogP contribution < -0.4 is 15.4 Å². The number of anilines is 1. The molecule has 1 atom stereocenters. The highest BCUT2D eigenvalue weighted by Crippen LogP contribution is 2.50. The second-order valence-corrected chi connectivity index (χ2v) is 11.0. The van der Waals surface area contributed by atoms with E-state index in [0.717, 1.165) is 12.8 Å². The third-order valence-electron chi connectivity index (χ3n) is 6.26. The van der Waals surface area contributed by atoms with Crippen molar-refractivity contribution < 1.29 is 22.7 Å². The zero-order chi connectivity index (χ0) is 21.4. The smallest absolute Gasteiger partial charge is 0.296 e. The first-order valence-corrected chi connectivity index (χ1v) is 11.9. The minimum Gasteiger partial charge on any atom is -0.497 e. The Hall–Kier alpha value is -2.53. The summed E-state index contributed by atoms with van der Waals surface area (Å²) in [4.78, 5) is 24.7. The van der Waals surface area contributed by atoms with Gasteiger partial charge in [0.05, 0.1) is 17.6 Å². The highest BCUT2D eigenvalue weighted by Gasteiger charge is 2.58. The third kappa shape index (κ3) is 4.31. The number of hydrogen-bond donors (Lipinski definition) is 2. The topological polar surface area (TPSA) is 102 Å². The molecule has 2 saturated carbocycles. The molecule has 2 aliphatic carbocycles. The Labute approximate surface area is 176 Å². The first-order chi connectivity index (χ1) is 14.3. The second-order valence-electron chi connectivity index (χ2n) is 8.54. The van der Waals surface area contributed by atoms with Gasteiger partial charge < -0.3 is 15.4 Å². The Kier molecular flexibility index (Phi) is 5.49. The summed E-state index contributed by atoms with van der Waals surface area (Å²) in [5, 5.41) is 5.71. The maximum Gasteiger partial charge on any atom is 0.296 e. The minimum absolute atomic E-state index is 0.0260. The Morgan fingerprint density at radius 2 is 1.93 bits per heavy atom. The van der Waals surface area contributed by atoms with E-state index in [2.05, 4.69) is 22.5 Å². The molecule has 3 fully saturated rings. The standard InChI is InChI=1S/C22H26N2O5S/c1-29-19-4-2-3-17(11-19)24-21(26)16-12-22(13-16)14-18(9-10-30(22,27)28)23-20(25)8-7-15-5-6-15/h2-4,11,15-16,18H,5-6,9-10,12-14H2,1H3,(H,23,25)(H,24,26). The van der Waals surface area contributed by atoms with Gasteiger partial charge in [-0.05, 0) is 56.6 Å². The number of carbonyl (C=O) groups is 2. The zero-order valence-electron chi connectivity index (χ0n) is 16.9. The van der Waals surface area contributed by atoms with E-state index in [-0.39, 0.29) is 42.4 Å². The second kappa shape index (κ2) is 7.95. The van der Waals surface area contributed by atoms with Crippen LogP contribution in [0.15, 0.2) is 24.3 Å². The van der Waals surface area contributed by atoms with E-state index in [1.165, 1.54) is 0 Å². The summed E-state index contributed by atoms with van der Waals surface area (Å²) in [7, 11) is -1.76. The van der Waals surface area contributed by atoms with Crippen LogP contribution in [0.3, 0.4) is 0 Å². The molecule has 1 heterocycles. The van der Waals surface area contributed by atoms with Crippen LogP contribution in [-0.4, -0.2) is 43.9 Å². The minimum atomic E-state index is -3.31. The van der Waals surface area contributed by atoms with Crippen LogP contribution in [0.1, 0.15) is 38.5 Å². The van der Waals surface area contributed by atoms with E-state index in [0.29, 0.717) is 30.2 Å². The maximum atomic E-state index is 12.8. The van der Waals surface area contributed by atoms with Gasteiger partial charge in [0, 0.05) is 29.6 Å². The normalized spacial score (nSPS) is 29.1. The summed E-state index contributed by atoms with van der Waals surface area (Å²) >= 11 is 0. The van der Waals surface area contributed by atoms with Crippen LogP contribution in [0.5, 0.6) is 5.75 Å². The van der Waals surface area contributed by atoms with Crippen molar-refractivity contribution in [1.29, 1.82) is 0 Å². The molecule has 0 aromatic heterocycles. The predicted molar refractivity (Wildman–Crippen MR) is 113 cm³/mol. The average molecular weight is 431 g/mol. The Balaban J connectivity index is 1.36. The lowest BCUT2D eigenvalue weighted by Crippen LogP contribution is -2.60. The molecule has 1 aromatic rings. The predicted octanol–water partition coefficient (Wildman–Crippen LogP) is 1.89. The lowest BCUT2D eigenvalue weighted by molar-refractivity contribution is -0.123. The van der Waals surface area contributed by atoms with Gasteiger partial charge >= 0.3 is 0 Å². The molecule has 1 aromatic carbocycles. The van der Waals surface area contributed by atoms with Crippen molar-refractivity contribution >= 4 is 27.3 Å². The van der Waals surface area contributed by atoms with E-state index < -0.39 is 14.6 Å². The fourth-order valence-electron chi connectivity index (χ4n) is 4.32. The summed E-state index contributed by atoms with van der Waals surface area (Å²) in [5.41, 5.74) is 0.617. The molecule has 2 N–H and O–H groups in total. The Morgan fingerprint density at radius 1 is 1.17 bits per heavy atom. The number of carbonyl (C=O) groups excluding carboxylic acids is 2. The molecule has 1 saturated heterocycles. The number of benzene rings is 1. The number of ether oxygens (including phenoxy) is 1. The third-order valence-corrected chi connectivity index (χ3v) is 8.85. The molecular weight excluding hydrogens is 404 g/mol. The number of hydrogen-bond acceptors (Lipinski definition) is 5. The molecule has 0 bridgehead atoms. The van der Waals surface area contributed by atoms with E-state index in [1.54, 1.807) is 31.4 Å². The van der Waals surface area contributed by atoms with Gasteiger partial charge in [-0.2, -0.15) is 0 Å². The number of amides is 2. The number of sulfone groups is 1. The van der Waals surface area contributed by atoms with Crippen molar-refractivity contribution in [3.8, 4) is 17.6 Å². The summed E-state index contributed by atoms with van der Waals surface area (Å²) in [6, 6.07) is 6.82. The molecule has 2 amide bonds. The highest BCUT2D eigenvalue weighted by atomic mass is 32.2. The Bertz CT molecular complexity index is 1010.